The molecule has 3 rings (SSSR count). The number of allylic oxidation sites excluding steroid dienone is 1. The quantitative estimate of drug-likeness (QED) is 0.863. The number of carboxylic acid groups (broad SMARTS) is 1. The van der Waals surface area contributed by atoms with Crippen LogP contribution in [0.5, 0.6) is 0 Å². The molecule has 0 spiro atoms. The van der Waals surface area contributed by atoms with Crippen molar-refractivity contribution in [3.8, 4) is 0 Å². The molecule has 108 valence electrons. The number of pyridine rings is 1. The summed E-state index contributed by atoms with van der Waals surface area (Å²) in [6.07, 6.45) is 3.85. The van der Waals surface area contributed by atoms with E-state index in [1.165, 1.54) is 4.90 Å². The molecule has 2 heterocycles. The molecule has 1 aromatic carbocycles. The van der Waals surface area contributed by atoms with Gasteiger partial charge in [-0.25, -0.2) is 4.79 Å². The van der Waals surface area contributed by atoms with E-state index in [0.717, 1.165) is 34.1 Å². The Bertz CT molecular complexity index is 737. The van der Waals surface area contributed by atoms with Gasteiger partial charge in [-0.05, 0) is 37.0 Å². The predicted octanol–water partition coefficient (Wildman–Crippen LogP) is 3.90. The highest BCUT2D eigenvalue weighted by Gasteiger charge is 2.24. The average Bonchev–Trinajstić information content (AvgIpc) is 2.46. The van der Waals surface area contributed by atoms with Gasteiger partial charge in [-0.15, -0.1) is 0 Å². The standard InChI is InChI=1S/C17H18N2O2/c1-11-3-6-16(19(10-11)17(20)21)14-5-4-13-7-12(2)9-18-15(13)8-14/h4-9,11H,3,10H2,1-2H3,(H,20,21)/t11-/m0/s1. The Balaban J connectivity index is 2.06. The van der Waals surface area contributed by atoms with Gasteiger partial charge in [0.1, 0.15) is 0 Å². The van der Waals surface area contributed by atoms with Crippen molar-refractivity contribution in [1.82, 2.24) is 9.88 Å². The van der Waals surface area contributed by atoms with E-state index in [2.05, 4.69) is 18.0 Å². The van der Waals surface area contributed by atoms with Crippen molar-refractivity contribution in [2.45, 2.75) is 20.3 Å². The van der Waals surface area contributed by atoms with Crippen LogP contribution in [0.2, 0.25) is 0 Å². The number of rotatable bonds is 1. The fourth-order valence-corrected chi connectivity index (χ4v) is 2.75. The highest BCUT2D eigenvalue weighted by Crippen LogP contribution is 2.29. The lowest BCUT2D eigenvalue weighted by Crippen LogP contribution is -2.34. The molecule has 1 N–H and O–H groups in total. The summed E-state index contributed by atoms with van der Waals surface area (Å²) in [4.78, 5) is 17.3. The largest absolute Gasteiger partial charge is 0.465 e. The minimum Gasteiger partial charge on any atom is -0.465 e. The van der Waals surface area contributed by atoms with E-state index in [4.69, 9.17) is 0 Å². The number of aryl methyl sites for hydroxylation is 1. The van der Waals surface area contributed by atoms with Crippen molar-refractivity contribution in [3.05, 3.63) is 47.7 Å². The van der Waals surface area contributed by atoms with E-state index >= 15 is 0 Å². The van der Waals surface area contributed by atoms with Crippen LogP contribution in [0.4, 0.5) is 4.79 Å². The van der Waals surface area contributed by atoms with E-state index < -0.39 is 6.09 Å². The van der Waals surface area contributed by atoms with Gasteiger partial charge in [-0.2, -0.15) is 0 Å². The number of nitrogens with zero attached hydrogens (tertiary/aromatic N) is 2. The first-order valence-electron chi connectivity index (χ1n) is 7.12. The van der Waals surface area contributed by atoms with Crippen molar-refractivity contribution < 1.29 is 9.90 Å². The second-order valence-electron chi connectivity index (χ2n) is 5.74. The monoisotopic (exact) mass is 282 g/mol. The van der Waals surface area contributed by atoms with Gasteiger partial charge < -0.3 is 5.11 Å². The third-order valence-electron chi connectivity index (χ3n) is 3.85. The summed E-state index contributed by atoms with van der Waals surface area (Å²) < 4.78 is 0. The molecule has 4 nitrogen and oxygen atoms in total. The molecule has 1 atom stereocenters. The van der Waals surface area contributed by atoms with Crippen LogP contribution in [0.15, 0.2) is 36.5 Å². The molecular formula is C17H18N2O2. The Kier molecular flexibility index (Phi) is 3.37. The third kappa shape index (κ3) is 2.61. The van der Waals surface area contributed by atoms with Crippen molar-refractivity contribution in [3.63, 3.8) is 0 Å². The van der Waals surface area contributed by atoms with Crippen molar-refractivity contribution in [1.29, 1.82) is 0 Å². The minimum absolute atomic E-state index is 0.353. The topological polar surface area (TPSA) is 53.4 Å². The number of hydrogen-bond donors (Lipinski definition) is 1. The maximum Gasteiger partial charge on any atom is 0.411 e. The lowest BCUT2D eigenvalue weighted by atomic mass is 9.98. The highest BCUT2D eigenvalue weighted by atomic mass is 16.4. The van der Waals surface area contributed by atoms with Gasteiger partial charge in [-0.3, -0.25) is 9.88 Å². The summed E-state index contributed by atoms with van der Waals surface area (Å²) in [6, 6.07) is 8.02. The first-order valence-corrected chi connectivity index (χ1v) is 7.12. The molecule has 2 aromatic rings. The Morgan fingerprint density at radius 1 is 1.38 bits per heavy atom. The van der Waals surface area contributed by atoms with Crippen molar-refractivity contribution in [2.24, 2.45) is 5.92 Å². The van der Waals surface area contributed by atoms with Crippen LogP contribution in [-0.4, -0.2) is 27.6 Å². The minimum atomic E-state index is -0.898. The lowest BCUT2D eigenvalue weighted by molar-refractivity contribution is 0.159. The molecule has 1 aliphatic rings. The van der Waals surface area contributed by atoms with Crippen LogP contribution in [0.3, 0.4) is 0 Å². The molecule has 0 saturated carbocycles. The Morgan fingerprint density at radius 2 is 2.19 bits per heavy atom. The van der Waals surface area contributed by atoms with Crippen molar-refractivity contribution in [2.75, 3.05) is 6.54 Å². The van der Waals surface area contributed by atoms with Gasteiger partial charge >= 0.3 is 6.09 Å². The van der Waals surface area contributed by atoms with E-state index in [0.29, 0.717) is 12.5 Å². The Labute approximate surface area is 123 Å². The zero-order valence-corrected chi connectivity index (χ0v) is 12.2. The summed E-state index contributed by atoms with van der Waals surface area (Å²) in [7, 11) is 0. The first-order chi connectivity index (χ1) is 10.0. The highest BCUT2D eigenvalue weighted by molar-refractivity contribution is 5.87. The van der Waals surface area contributed by atoms with Crippen LogP contribution < -0.4 is 0 Å². The fourth-order valence-electron chi connectivity index (χ4n) is 2.75. The number of hydrogen-bond acceptors (Lipinski definition) is 2. The zero-order chi connectivity index (χ0) is 15.0. The second kappa shape index (κ2) is 5.20. The lowest BCUT2D eigenvalue weighted by Gasteiger charge is -2.30. The van der Waals surface area contributed by atoms with E-state index in [-0.39, 0.29) is 0 Å². The normalized spacial score (nSPS) is 18.7. The first kappa shape index (κ1) is 13.6. The van der Waals surface area contributed by atoms with Gasteiger partial charge in [0.2, 0.25) is 0 Å². The molecular weight excluding hydrogens is 264 g/mol. The summed E-state index contributed by atoms with van der Waals surface area (Å²) >= 11 is 0. The van der Waals surface area contributed by atoms with Crippen LogP contribution in [-0.2, 0) is 0 Å². The number of benzene rings is 1. The maximum absolute atomic E-state index is 11.5. The van der Waals surface area contributed by atoms with Crippen LogP contribution >= 0.6 is 0 Å². The van der Waals surface area contributed by atoms with Gasteiger partial charge in [0.25, 0.3) is 0 Å². The summed E-state index contributed by atoms with van der Waals surface area (Å²) in [5.74, 6) is 0.353. The van der Waals surface area contributed by atoms with Gasteiger partial charge in [0.15, 0.2) is 0 Å². The van der Waals surface area contributed by atoms with Crippen molar-refractivity contribution >= 4 is 22.7 Å². The number of carbonyl (C=O) groups is 1. The van der Waals surface area contributed by atoms with Crippen LogP contribution in [0.25, 0.3) is 16.6 Å². The maximum atomic E-state index is 11.5. The smallest absolute Gasteiger partial charge is 0.411 e. The molecule has 4 heteroatoms. The van der Waals surface area contributed by atoms with Gasteiger partial charge in [0.05, 0.1) is 11.2 Å². The fraction of sp³-hybridized carbons (Fsp3) is 0.294. The Morgan fingerprint density at radius 3 is 2.95 bits per heavy atom. The molecule has 1 amide bonds. The average molecular weight is 282 g/mol. The number of amides is 1. The predicted molar refractivity (Wildman–Crippen MR) is 83.0 cm³/mol. The van der Waals surface area contributed by atoms with E-state index in [9.17, 15) is 9.90 Å². The van der Waals surface area contributed by atoms with E-state index in [1.807, 2.05) is 37.4 Å². The van der Waals surface area contributed by atoms with Gasteiger partial charge in [-0.1, -0.05) is 25.1 Å². The Hall–Kier alpha value is -2.36. The molecule has 1 aromatic heterocycles. The molecule has 0 aliphatic carbocycles. The number of aromatic nitrogens is 1. The van der Waals surface area contributed by atoms with Crippen LogP contribution in [0.1, 0.15) is 24.5 Å². The zero-order valence-electron chi connectivity index (χ0n) is 12.2. The molecule has 0 radical (unpaired) electrons. The molecule has 0 fully saturated rings. The summed E-state index contributed by atoms with van der Waals surface area (Å²) in [5.41, 5.74) is 3.69. The molecule has 0 saturated heterocycles. The molecule has 0 unspecified atom stereocenters. The molecule has 21 heavy (non-hydrogen) atoms. The van der Waals surface area contributed by atoms with Gasteiger partial charge in [0, 0.05) is 23.7 Å². The van der Waals surface area contributed by atoms with Crippen LogP contribution in [0, 0.1) is 12.8 Å². The number of fused-ring (bicyclic) bond motifs is 1. The molecule has 1 aliphatic heterocycles. The second-order valence-corrected chi connectivity index (χ2v) is 5.74. The summed E-state index contributed by atoms with van der Waals surface area (Å²) in [6.45, 7) is 4.62. The third-order valence-corrected chi connectivity index (χ3v) is 3.85. The van der Waals surface area contributed by atoms with E-state index in [1.54, 1.807) is 0 Å². The molecule has 0 bridgehead atoms. The summed E-state index contributed by atoms with van der Waals surface area (Å²) in [5, 5.41) is 10.5. The SMILES string of the molecule is Cc1cnc2cc(C3=CC[C@H](C)CN3C(=O)O)ccc2c1.